The highest BCUT2D eigenvalue weighted by atomic mass is 16.6. The summed E-state index contributed by atoms with van der Waals surface area (Å²) >= 11 is 0. The van der Waals surface area contributed by atoms with Crippen molar-refractivity contribution in [2.75, 3.05) is 13.2 Å². The van der Waals surface area contributed by atoms with Crippen molar-refractivity contribution in [2.24, 2.45) is 0 Å². The highest BCUT2D eigenvalue weighted by Crippen LogP contribution is 2.17. The third-order valence-corrected chi connectivity index (χ3v) is 14.9. The van der Waals surface area contributed by atoms with Crippen LogP contribution in [0.3, 0.4) is 0 Å². The van der Waals surface area contributed by atoms with E-state index in [1.165, 1.54) is 167 Å². The van der Waals surface area contributed by atoms with Crippen molar-refractivity contribution in [3.05, 3.63) is 122 Å². The second kappa shape index (κ2) is 70.3. The molecule has 0 fully saturated rings. The van der Waals surface area contributed by atoms with E-state index in [0.717, 1.165) is 116 Å². The first kappa shape index (κ1) is 78.8. The minimum Gasteiger partial charge on any atom is -0.462 e. The van der Waals surface area contributed by atoms with Crippen LogP contribution in [-0.4, -0.2) is 37.2 Å². The van der Waals surface area contributed by atoms with Gasteiger partial charge < -0.3 is 14.2 Å². The Morgan fingerprint density at radius 1 is 0.253 bits per heavy atom. The number of unbranched alkanes of at least 4 members (excludes halogenated alkanes) is 32. The maximum absolute atomic E-state index is 12.9. The largest absolute Gasteiger partial charge is 0.462 e. The van der Waals surface area contributed by atoms with Crippen LogP contribution in [0.4, 0.5) is 0 Å². The van der Waals surface area contributed by atoms with Crippen molar-refractivity contribution in [3.63, 3.8) is 0 Å². The highest BCUT2D eigenvalue weighted by molar-refractivity contribution is 5.71. The van der Waals surface area contributed by atoms with Gasteiger partial charge in [-0.25, -0.2) is 0 Å². The normalized spacial score (nSPS) is 12.9. The van der Waals surface area contributed by atoms with Gasteiger partial charge in [0.25, 0.3) is 0 Å². The summed E-state index contributed by atoms with van der Waals surface area (Å²) in [5.74, 6) is -0.973. The van der Waals surface area contributed by atoms with Crippen molar-refractivity contribution >= 4 is 17.9 Å². The quantitative estimate of drug-likeness (QED) is 0.0261. The molecule has 0 aromatic heterocycles. The van der Waals surface area contributed by atoms with Gasteiger partial charge in [0.15, 0.2) is 6.10 Å². The van der Waals surface area contributed by atoms with E-state index in [2.05, 4.69) is 142 Å². The van der Waals surface area contributed by atoms with E-state index in [-0.39, 0.29) is 37.5 Å². The Morgan fingerprint density at radius 3 is 0.783 bits per heavy atom. The second-order valence-corrected chi connectivity index (χ2v) is 23.0. The van der Waals surface area contributed by atoms with Crippen LogP contribution in [0.25, 0.3) is 0 Å². The Labute approximate surface area is 513 Å². The molecule has 6 heteroatoms. The molecule has 0 heterocycles. The number of rotatable bonds is 63. The van der Waals surface area contributed by atoms with Crippen molar-refractivity contribution < 1.29 is 28.6 Å². The van der Waals surface area contributed by atoms with Gasteiger partial charge in [-0.1, -0.05) is 303 Å². The molecular formula is C77H130O6. The first-order chi connectivity index (χ1) is 41.0. The zero-order chi connectivity index (χ0) is 59.9. The zero-order valence-corrected chi connectivity index (χ0v) is 54.4. The molecule has 0 aromatic rings. The fourth-order valence-corrected chi connectivity index (χ4v) is 9.75. The summed E-state index contributed by atoms with van der Waals surface area (Å²) in [6.45, 7) is 6.38. The fraction of sp³-hybridized carbons (Fsp3) is 0.701. The summed E-state index contributed by atoms with van der Waals surface area (Å²) in [6, 6.07) is 0. The standard InChI is InChI=1S/C77H130O6/c1-4-7-10-13-16-19-22-25-27-29-31-33-34-35-36-37-38-39-40-41-42-44-45-47-49-52-55-58-61-64-67-70-76(79)82-73-74(72-81-75(78)69-66-63-60-57-54-51-24-21-18-15-12-9-6-3)83-77(80)71-68-65-62-59-56-53-50-48-46-43-32-30-28-26-23-20-17-14-11-8-5-2/h8-9,11-12,17-18,20-21,26,28-29,31-32,43,48,50-51,54,56,59,74H,4-7,10,13-16,19,22-25,27,30,33-42,44-47,49,52-53,55,57-58,60-73H2,1-3H3/b11-8-,12-9-,20-17-,21-18-,28-26-,31-29-,43-32-,50-48-,54-51-,59-56-. The average Bonchev–Trinajstić information content (AvgIpc) is 3.49. The SMILES string of the molecule is CC/C=C\C/C=C\C/C=C\C/C=C\C/C=C\C/C=C\CCCCC(=O)OC(COC(=O)CCCCC/C=C\C/C=C\C/C=C\CC)COC(=O)CCCCCCCCCCCCCCCCCCCCC/C=C\CCCCCCCCCC. The lowest BCUT2D eigenvalue weighted by atomic mass is 10.0. The Kier molecular flexibility index (Phi) is 66.7. The maximum Gasteiger partial charge on any atom is 0.306 e. The Hall–Kier alpha value is -4.19. The van der Waals surface area contributed by atoms with E-state index in [1.54, 1.807) is 0 Å². The number of hydrogen-bond donors (Lipinski definition) is 0. The van der Waals surface area contributed by atoms with Gasteiger partial charge in [-0.2, -0.15) is 0 Å². The van der Waals surface area contributed by atoms with Gasteiger partial charge in [0, 0.05) is 19.3 Å². The van der Waals surface area contributed by atoms with Crippen molar-refractivity contribution in [2.45, 2.75) is 335 Å². The van der Waals surface area contributed by atoms with E-state index in [1.807, 2.05) is 0 Å². The molecule has 83 heavy (non-hydrogen) atoms. The van der Waals surface area contributed by atoms with Gasteiger partial charge >= 0.3 is 17.9 Å². The minimum absolute atomic E-state index is 0.106. The summed E-state index contributed by atoms with van der Waals surface area (Å²) in [4.78, 5) is 38.3. The van der Waals surface area contributed by atoms with E-state index in [0.29, 0.717) is 19.3 Å². The topological polar surface area (TPSA) is 78.9 Å². The van der Waals surface area contributed by atoms with Gasteiger partial charge in [0.1, 0.15) is 13.2 Å². The van der Waals surface area contributed by atoms with E-state index >= 15 is 0 Å². The van der Waals surface area contributed by atoms with E-state index in [4.69, 9.17) is 14.2 Å². The fourth-order valence-electron chi connectivity index (χ4n) is 9.75. The smallest absolute Gasteiger partial charge is 0.306 e. The van der Waals surface area contributed by atoms with Gasteiger partial charge in [-0.15, -0.1) is 0 Å². The van der Waals surface area contributed by atoms with Crippen LogP contribution < -0.4 is 0 Å². The summed E-state index contributed by atoms with van der Waals surface area (Å²) in [7, 11) is 0. The lowest BCUT2D eigenvalue weighted by Crippen LogP contribution is -2.30. The Morgan fingerprint density at radius 2 is 0.470 bits per heavy atom. The van der Waals surface area contributed by atoms with Crippen LogP contribution >= 0.6 is 0 Å². The number of carbonyl (C=O) groups excluding carboxylic acids is 3. The van der Waals surface area contributed by atoms with Crippen LogP contribution in [0.2, 0.25) is 0 Å². The van der Waals surface area contributed by atoms with Gasteiger partial charge in [0.05, 0.1) is 0 Å². The number of ether oxygens (including phenoxy) is 3. The van der Waals surface area contributed by atoms with Gasteiger partial charge in [0.2, 0.25) is 0 Å². The molecule has 0 aromatic carbocycles. The predicted octanol–water partition coefficient (Wildman–Crippen LogP) is 24.3. The Bertz CT molecular complexity index is 1700. The van der Waals surface area contributed by atoms with Crippen LogP contribution in [0, 0.1) is 0 Å². The second-order valence-electron chi connectivity index (χ2n) is 23.0. The van der Waals surface area contributed by atoms with Gasteiger partial charge in [-0.05, 0) is 128 Å². The van der Waals surface area contributed by atoms with Crippen LogP contribution in [0.5, 0.6) is 0 Å². The lowest BCUT2D eigenvalue weighted by molar-refractivity contribution is -0.167. The van der Waals surface area contributed by atoms with Crippen LogP contribution in [-0.2, 0) is 28.6 Å². The first-order valence-corrected chi connectivity index (χ1v) is 35.0. The molecule has 0 rings (SSSR count). The van der Waals surface area contributed by atoms with E-state index < -0.39 is 6.10 Å². The van der Waals surface area contributed by atoms with E-state index in [9.17, 15) is 14.4 Å². The molecule has 1 atom stereocenters. The molecule has 474 valence electrons. The Balaban J connectivity index is 4.28. The summed E-state index contributed by atoms with van der Waals surface area (Å²) in [6.07, 6.45) is 98.2. The zero-order valence-electron chi connectivity index (χ0n) is 54.4. The summed E-state index contributed by atoms with van der Waals surface area (Å²) in [5, 5.41) is 0. The molecule has 0 radical (unpaired) electrons. The molecule has 0 aliphatic rings. The molecule has 0 N–H and O–H groups in total. The molecular weight excluding hydrogens is 1020 g/mol. The summed E-state index contributed by atoms with van der Waals surface area (Å²) < 4.78 is 16.9. The van der Waals surface area contributed by atoms with Crippen molar-refractivity contribution in [3.8, 4) is 0 Å². The minimum atomic E-state index is -0.817. The highest BCUT2D eigenvalue weighted by Gasteiger charge is 2.19. The molecule has 0 saturated heterocycles. The third kappa shape index (κ3) is 68.5. The molecule has 0 aliphatic heterocycles. The third-order valence-electron chi connectivity index (χ3n) is 14.9. The first-order valence-electron chi connectivity index (χ1n) is 35.0. The molecule has 6 nitrogen and oxygen atoms in total. The van der Waals surface area contributed by atoms with Crippen molar-refractivity contribution in [1.82, 2.24) is 0 Å². The molecule has 0 amide bonds. The van der Waals surface area contributed by atoms with Gasteiger partial charge in [-0.3, -0.25) is 14.4 Å². The monoisotopic (exact) mass is 1150 g/mol. The number of esters is 3. The number of carbonyl (C=O) groups is 3. The molecule has 0 bridgehead atoms. The number of hydrogen-bond acceptors (Lipinski definition) is 6. The summed E-state index contributed by atoms with van der Waals surface area (Å²) in [5.41, 5.74) is 0. The predicted molar refractivity (Wildman–Crippen MR) is 362 cm³/mol. The average molecular weight is 1150 g/mol. The maximum atomic E-state index is 12.9. The molecule has 1 unspecified atom stereocenters. The molecule has 0 spiro atoms. The molecule has 0 saturated carbocycles. The van der Waals surface area contributed by atoms with Crippen LogP contribution in [0.1, 0.15) is 329 Å². The number of allylic oxidation sites excluding steroid dienone is 20. The van der Waals surface area contributed by atoms with Crippen LogP contribution in [0.15, 0.2) is 122 Å². The molecule has 0 aliphatic carbocycles. The lowest BCUT2D eigenvalue weighted by Gasteiger charge is -2.18. The van der Waals surface area contributed by atoms with Crippen molar-refractivity contribution in [1.29, 1.82) is 0 Å².